The summed E-state index contributed by atoms with van der Waals surface area (Å²) in [7, 11) is 0. The van der Waals surface area contributed by atoms with E-state index in [1.165, 1.54) is 4.90 Å². The summed E-state index contributed by atoms with van der Waals surface area (Å²) >= 11 is 5.84. The number of likely N-dealkylation sites (tertiary alicyclic amines) is 1. The highest BCUT2D eigenvalue weighted by atomic mass is 35.5. The van der Waals surface area contributed by atoms with Gasteiger partial charge in [-0.2, -0.15) is 0 Å². The van der Waals surface area contributed by atoms with Gasteiger partial charge in [-0.25, -0.2) is 4.79 Å². The van der Waals surface area contributed by atoms with Crippen LogP contribution in [0.2, 0.25) is 5.02 Å². The van der Waals surface area contributed by atoms with Gasteiger partial charge >= 0.3 is 6.09 Å². The van der Waals surface area contributed by atoms with Crippen molar-refractivity contribution in [1.29, 1.82) is 0 Å². The number of nitrogens with zero attached hydrogens (tertiary/aromatic N) is 1. The largest absolute Gasteiger partial charge is 0.444 e. The van der Waals surface area contributed by atoms with Crippen LogP contribution in [-0.2, 0) is 9.53 Å². The lowest BCUT2D eigenvalue weighted by atomic mass is 9.87. The minimum absolute atomic E-state index is 0.0488. The maximum absolute atomic E-state index is 12.2. The number of benzene rings is 1. The van der Waals surface area contributed by atoms with Crippen LogP contribution in [0.15, 0.2) is 24.3 Å². The van der Waals surface area contributed by atoms with E-state index in [2.05, 4.69) is 0 Å². The van der Waals surface area contributed by atoms with E-state index in [0.717, 1.165) is 0 Å². The van der Waals surface area contributed by atoms with E-state index in [0.29, 0.717) is 17.1 Å². The van der Waals surface area contributed by atoms with Crippen LogP contribution >= 0.6 is 11.6 Å². The van der Waals surface area contributed by atoms with Crippen molar-refractivity contribution in [2.75, 3.05) is 13.1 Å². The summed E-state index contributed by atoms with van der Waals surface area (Å²) in [4.78, 5) is 25.8. The number of amides is 1. The quantitative estimate of drug-likeness (QED) is 0.898. The normalized spacial score (nSPS) is 20.3. The van der Waals surface area contributed by atoms with Gasteiger partial charge in [0.25, 0.3) is 0 Å². The number of halogens is 1. The molecule has 0 bridgehead atoms. The monoisotopic (exact) mass is 339 g/mol. The predicted molar refractivity (Wildman–Crippen MR) is 87.3 cm³/mol. The summed E-state index contributed by atoms with van der Waals surface area (Å²) in [5.41, 5.74) is 0.0156. The third kappa shape index (κ3) is 4.69. The smallest absolute Gasteiger partial charge is 0.410 e. The predicted octanol–water partition coefficient (Wildman–Crippen LogP) is 3.20. The molecular weight excluding hydrogens is 318 g/mol. The van der Waals surface area contributed by atoms with E-state index < -0.39 is 23.7 Å². The van der Waals surface area contributed by atoms with Crippen LogP contribution in [0.4, 0.5) is 4.79 Å². The van der Waals surface area contributed by atoms with E-state index in [-0.39, 0.29) is 18.7 Å². The first-order chi connectivity index (χ1) is 10.7. The highest BCUT2D eigenvalue weighted by molar-refractivity contribution is 6.30. The molecule has 1 saturated heterocycles. The van der Waals surface area contributed by atoms with Gasteiger partial charge in [-0.15, -0.1) is 0 Å². The van der Waals surface area contributed by atoms with E-state index >= 15 is 0 Å². The third-order valence-corrected chi connectivity index (χ3v) is 3.96. The highest BCUT2D eigenvalue weighted by Gasteiger charge is 2.36. The number of hydrogen-bond acceptors (Lipinski definition) is 4. The molecule has 0 unspecified atom stereocenters. The Morgan fingerprint density at radius 3 is 2.52 bits per heavy atom. The van der Waals surface area contributed by atoms with Crippen molar-refractivity contribution < 1.29 is 19.4 Å². The number of carbonyl (C=O) groups is 2. The van der Waals surface area contributed by atoms with Gasteiger partial charge < -0.3 is 14.7 Å². The summed E-state index contributed by atoms with van der Waals surface area (Å²) in [6, 6.07) is 6.71. The lowest BCUT2D eigenvalue weighted by molar-refractivity contribution is -0.130. The average molecular weight is 340 g/mol. The van der Waals surface area contributed by atoms with E-state index in [1.807, 2.05) is 0 Å². The van der Waals surface area contributed by atoms with Crippen molar-refractivity contribution in [1.82, 2.24) is 4.90 Å². The fourth-order valence-corrected chi connectivity index (χ4v) is 2.65. The van der Waals surface area contributed by atoms with Crippen molar-refractivity contribution in [2.24, 2.45) is 5.92 Å². The molecular formula is C17H22ClNO4. The Labute approximate surface area is 141 Å². The molecule has 1 aromatic carbocycles. The molecule has 23 heavy (non-hydrogen) atoms. The first kappa shape index (κ1) is 17.8. The van der Waals surface area contributed by atoms with Crippen LogP contribution in [0.5, 0.6) is 0 Å². The van der Waals surface area contributed by atoms with Crippen molar-refractivity contribution >= 4 is 23.5 Å². The summed E-state index contributed by atoms with van der Waals surface area (Å²) in [5, 5.41) is 11.1. The van der Waals surface area contributed by atoms with E-state index in [4.69, 9.17) is 16.3 Å². The Morgan fingerprint density at radius 2 is 1.96 bits per heavy atom. The Kier molecular flexibility index (Phi) is 5.32. The lowest BCUT2D eigenvalue weighted by Gasteiger charge is -2.35. The molecule has 1 heterocycles. The van der Waals surface area contributed by atoms with Gasteiger partial charge in [0.2, 0.25) is 0 Å². The fraction of sp³-hybridized carbons (Fsp3) is 0.529. The van der Waals surface area contributed by atoms with Crippen molar-refractivity contribution in [3.63, 3.8) is 0 Å². The standard InChI is InChI=1S/C17H22ClNO4/c1-17(2,3)23-16(22)19-9-8-14(20)13(10-19)15(21)11-4-6-12(18)7-5-11/h4-7,13,15,21H,8-10H2,1-3H3/t13-,15+/m0/s1. The van der Waals surface area contributed by atoms with Crippen LogP contribution in [0, 0.1) is 5.92 Å². The number of Topliss-reactive ketones (excluding diaryl/α,β-unsaturated/α-hetero) is 1. The first-order valence-corrected chi connectivity index (χ1v) is 7.99. The van der Waals surface area contributed by atoms with Crippen molar-refractivity contribution in [3.8, 4) is 0 Å². The van der Waals surface area contributed by atoms with Crippen LogP contribution in [0.3, 0.4) is 0 Å². The van der Waals surface area contributed by atoms with Gasteiger partial charge in [0.05, 0.1) is 12.0 Å². The summed E-state index contributed by atoms with van der Waals surface area (Å²) in [5.74, 6) is -0.704. The minimum Gasteiger partial charge on any atom is -0.444 e. The molecule has 126 valence electrons. The molecule has 1 aliphatic rings. The molecule has 1 aliphatic heterocycles. The highest BCUT2D eigenvalue weighted by Crippen LogP contribution is 2.29. The molecule has 1 N–H and O–H groups in total. The number of rotatable bonds is 2. The molecule has 1 amide bonds. The Hall–Kier alpha value is -1.59. The molecule has 1 aromatic rings. The number of ketones is 1. The zero-order valence-electron chi connectivity index (χ0n) is 13.6. The average Bonchev–Trinajstić information content (AvgIpc) is 2.46. The second-order valence-electron chi connectivity index (χ2n) is 6.75. The molecule has 0 aliphatic carbocycles. The van der Waals surface area contributed by atoms with E-state index in [9.17, 15) is 14.7 Å². The molecule has 0 saturated carbocycles. The zero-order valence-corrected chi connectivity index (χ0v) is 14.3. The molecule has 2 rings (SSSR count). The summed E-state index contributed by atoms with van der Waals surface area (Å²) in [6.45, 7) is 5.84. The topological polar surface area (TPSA) is 66.8 Å². The van der Waals surface area contributed by atoms with Gasteiger partial charge in [0.15, 0.2) is 0 Å². The molecule has 0 spiro atoms. The molecule has 2 atom stereocenters. The number of aliphatic hydroxyl groups is 1. The maximum Gasteiger partial charge on any atom is 0.410 e. The zero-order chi connectivity index (χ0) is 17.2. The Morgan fingerprint density at radius 1 is 1.35 bits per heavy atom. The first-order valence-electron chi connectivity index (χ1n) is 7.61. The number of ether oxygens (including phenoxy) is 1. The number of hydrogen-bond donors (Lipinski definition) is 1. The maximum atomic E-state index is 12.2. The summed E-state index contributed by atoms with van der Waals surface area (Å²) in [6.07, 6.45) is -1.21. The third-order valence-electron chi connectivity index (χ3n) is 3.70. The number of carbonyl (C=O) groups excluding carboxylic acids is 2. The van der Waals surface area contributed by atoms with Gasteiger partial charge in [-0.05, 0) is 38.5 Å². The van der Waals surface area contributed by atoms with Gasteiger partial charge in [-0.1, -0.05) is 23.7 Å². The van der Waals surface area contributed by atoms with Gasteiger partial charge in [-0.3, -0.25) is 4.79 Å². The SMILES string of the molecule is CC(C)(C)OC(=O)N1CCC(=O)[C@@H]([C@H](O)c2ccc(Cl)cc2)C1. The lowest BCUT2D eigenvalue weighted by Crippen LogP contribution is -2.47. The molecule has 0 radical (unpaired) electrons. The molecule has 5 nitrogen and oxygen atoms in total. The second kappa shape index (κ2) is 6.89. The summed E-state index contributed by atoms with van der Waals surface area (Å²) < 4.78 is 5.34. The van der Waals surface area contributed by atoms with Gasteiger partial charge in [0, 0.05) is 24.5 Å². The molecule has 6 heteroatoms. The molecule has 0 aromatic heterocycles. The number of aliphatic hydroxyl groups excluding tert-OH is 1. The number of piperidine rings is 1. The molecule has 1 fully saturated rings. The van der Waals surface area contributed by atoms with Crippen LogP contribution in [0.1, 0.15) is 38.9 Å². The minimum atomic E-state index is -0.968. The second-order valence-corrected chi connectivity index (χ2v) is 7.18. The van der Waals surface area contributed by atoms with Gasteiger partial charge in [0.1, 0.15) is 11.4 Å². The van der Waals surface area contributed by atoms with Crippen molar-refractivity contribution in [3.05, 3.63) is 34.9 Å². The van der Waals surface area contributed by atoms with Crippen LogP contribution in [0.25, 0.3) is 0 Å². The Bertz CT molecular complexity index is 579. The van der Waals surface area contributed by atoms with Crippen LogP contribution < -0.4 is 0 Å². The van der Waals surface area contributed by atoms with E-state index in [1.54, 1.807) is 45.0 Å². The Balaban J connectivity index is 2.10. The fourth-order valence-electron chi connectivity index (χ4n) is 2.52. The van der Waals surface area contributed by atoms with Crippen LogP contribution in [-0.4, -0.2) is 40.6 Å². The van der Waals surface area contributed by atoms with Crippen molar-refractivity contribution in [2.45, 2.75) is 38.9 Å².